The van der Waals surface area contributed by atoms with Crippen molar-refractivity contribution in [3.8, 4) is 0 Å². The Hall–Kier alpha value is 0.600. The molecule has 0 amide bonds. The van der Waals surface area contributed by atoms with Gasteiger partial charge in [-0.1, -0.05) is 12.8 Å². The fourth-order valence-electron chi connectivity index (χ4n) is 0. The molecule has 26 valence electrons. The van der Waals surface area contributed by atoms with Crippen LogP contribution in [0.3, 0.4) is 0 Å². The molecule has 0 unspecified atom stereocenters. The molecular weight excluding hydrogens is 93.5 g/mol. The minimum Gasteiger partial charge on any atom is -0.170 e. The molecule has 0 aliphatic heterocycles. The smallest absolute Gasteiger partial charge is 0.0136 e. The van der Waals surface area contributed by atoms with Crippen LogP contribution in [0, 0.1) is 0 Å². The third kappa shape index (κ3) is 18.5. The lowest BCUT2D eigenvalue weighted by molar-refractivity contribution is 0.936. The molecule has 0 fully saturated rings. The van der Waals surface area contributed by atoms with Gasteiger partial charge in [-0.15, -0.1) is 0 Å². The van der Waals surface area contributed by atoms with Crippen LogP contribution in [0.2, 0.25) is 0 Å². The van der Waals surface area contributed by atoms with E-state index in [0.717, 1.165) is 0 Å². The van der Waals surface area contributed by atoms with E-state index < -0.39 is 0 Å². The van der Waals surface area contributed by atoms with Gasteiger partial charge >= 0.3 is 0 Å². The number of hydrogen-bond donors (Lipinski definition) is 1. The summed E-state index contributed by atoms with van der Waals surface area (Å²) >= 11 is 8.54. The Labute approximate surface area is 36.2 Å². The lowest BCUT2D eigenvalue weighted by Gasteiger charge is -1.83. The molecule has 0 saturated heterocycles. The normalized spacial score (nSPS) is 9.00. The van der Waals surface area contributed by atoms with E-state index in [2.05, 4.69) is 12.8 Å². The molecule has 0 bridgehead atoms. The SMILES string of the molecule is CN(S)Cl. The van der Waals surface area contributed by atoms with Crippen LogP contribution >= 0.6 is 24.6 Å². The van der Waals surface area contributed by atoms with Gasteiger partial charge in [-0.25, -0.2) is 0 Å². The van der Waals surface area contributed by atoms with Crippen molar-refractivity contribution in [2.24, 2.45) is 0 Å². The van der Waals surface area contributed by atoms with Crippen LogP contribution in [0.15, 0.2) is 0 Å². The maximum absolute atomic E-state index is 4.97. The summed E-state index contributed by atoms with van der Waals surface area (Å²) in [6.07, 6.45) is 0. The summed E-state index contributed by atoms with van der Waals surface area (Å²) in [5.41, 5.74) is 0. The van der Waals surface area contributed by atoms with Crippen LogP contribution < -0.4 is 0 Å². The quantitative estimate of drug-likeness (QED) is 0.348. The molecule has 0 saturated carbocycles. The average Bonchev–Trinajstić information content (AvgIpc) is 0.811. The highest BCUT2D eigenvalue weighted by molar-refractivity contribution is 7.78. The molecule has 0 spiro atoms. The molecule has 0 radical (unpaired) electrons. The van der Waals surface area contributed by atoms with Gasteiger partial charge in [-0.05, 0) is 11.8 Å². The van der Waals surface area contributed by atoms with Crippen LogP contribution in [-0.4, -0.2) is 10.9 Å². The van der Waals surface area contributed by atoms with E-state index in [1.165, 1.54) is 3.82 Å². The first kappa shape index (κ1) is 4.60. The highest BCUT2D eigenvalue weighted by Gasteiger charge is 1.64. The van der Waals surface area contributed by atoms with Crippen molar-refractivity contribution in [2.75, 3.05) is 7.05 Å². The highest BCUT2D eigenvalue weighted by Crippen LogP contribution is 1.86. The second-order valence-corrected chi connectivity index (χ2v) is 1.79. The van der Waals surface area contributed by atoms with Crippen molar-refractivity contribution in [1.82, 2.24) is 3.82 Å². The van der Waals surface area contributed by atoms with Crippen molar-refractivity contribution >= 4 is 24.6 Å². The second-order valence-electron chi connectivity index (χ2n) is 0.445. The van der Waals surface area contributed by atoms with Crippen LogP contribution in [-0.2, 0) is 0 Å². The van der Waals surface area contributed by atoms with E-state index in [0.29, 0.717) is 0 Å². The zero-order chi connectivity index (χ0) is 3.58. The summed E-state index contributed by atoms with van der Waals surface area (Å²) in [6.45, 7) is 0. The van der Waals surface area contributed by atoms with Crippen molar-refractivity contribution in [3.63, 3.8) is 0 Å². The van der Waals surface area contributed by atoms with Crippen molar-refractivity contribution in [3.05, 3.63) is 0 Å². The summed E-state index contributed by atoms with van der Waals surface area (Å²) in [5.74, 6) is 0. The molecule has 0 aromatic heterocycles. The molecule has 0 aromatic rings. The van der Waals surface area contributed by atoms with Gasteiger partial charge in [0.1, 0.15) is 0 Å². The van der Waals surface area contributed by atoms with Crippen LogP contribution in [0.5, 0.6) is 0 Å². The fraction of sp³-hybridized carbons (Fsp3) is 1.00. The van der Waals surface area contributed by atoms with E-state index in [-0.39, 0.29) is 0 Å². The largest absolute Gasteiger partial charge is 0.170 e. The molecule has 0 atom stereocenters. The van der Waals surface area contributed by atoms with Gasteiger partial charge in [0.05, 0.1) is 0 Å². The number of halogens is 1. The lowest BCUT2D eigenvalue weighted by Crippen LogP contribution is -1.77. The van der Waals surface area contributed by atoms with Crippen molar-refractivity contribution < 1.29 is 0 Å². The maximum atomic E-state index is 4.97. The van der Waals surface area contributed by atoms with E-state index in [9.17, 15) is 0 Å². The maximum Gasteiger partial charge on any atom is 0.0136 e. The van der Waals surface area contributed by atoms with Gasteiger partial charge in [0.25, 0.3) is 0 Å². The zero-order valence-electron chi connectivity index (χ0n) is 2.27. The highest BCUT2D eigenvalue weighted by atomic mass is 35.5. The van der Waals surface area contributed by atoms with Crippen LogP contribution in [0.25, 0.3) is 0 Å². The summed E-state index contributed by atoms with van der Waals surface area (Å²) in [6, 6.07) is 0. The first-order valence-electron chi connectivity index (χ1n) is 0.816. The van der Waals surface area contributed by atoms with Gasteiger partial charge in [0.15, 0.2) is 0 Å². The predicted octanol–water partition coefficient (Wildman–Crippen LogP) is 0.917. The van der Waals surface area contributed by atoms with Gasteiger partial charge in [-0.2, -0.15) is 3.82 Å². The van der Waals surface area contributed by atoms with Gasteiger partial charge < -0.3 is 0 Å². The standard InChI is InChI=1S/CH4ClNS/c1-3(2)4/h4H,1H3. The van der Waals surface area contributed by atoms with Crippen LogP contribution in [0.1, 0.15) is 0 Å². The Bertz CT molecular complexity index is 12.8. The summed E-state index contributed by atoms with van der Waals surface area (Å²) in [7, 11) is 1.63. The monoisotopic (exact) mass is 97.0 g/mol. The third-order valence-corrected chi connectivity index (χ3v) is 0. The molecule has 0 rings (SSSR count). The molecule has 0 aliphatic carbocycles. The Morgan fingerprint density at radius 1 is 2.00 bits per heavy atom. The molecule has 3 heteroatoms. The molecule has 0 heterocycles. The Morgan fingerprint density at radius 3 is 2.00 bits per heavy atom. The second kappa shape index (κ2) is 1.88. The Kier molecular flexibility index (Phi) is 2.16. The molecule has 4 heavy (non-hydrogen) atoms. The molecule has 0 aliphatic rings. The van der Waals surface area contributed by atoms with Gasteiger partial charge in [-0.3, -0.25) is 0 Å². The van der Waals surface area contributed by atoms with Gasteiger partial charge in [0.2, 0.25) is 0 Å². The van der Waals surface area contributed by atoms with E-state index >= 15 is 0 Å². The topological polar surface area (TPSA) is 3.24 Å². The van der Waals surface area contributed by atoms with Crippen molar-refractivity contribution in [1.29, 1.82) is 0 Å². The molecule has 0 aromatic carbocycles. The van der Waals surface area contributed by atoms with Crippen LogP contribution in [0.4, 0.5) is 0 Å². The molecule has 1 nitrogen and oxygen atoms in total. The Balaban J connectivity index is 2.32. The van der Waals surface area contributed by atoms with Gasteiger partial charge in [0, 0.05) is 7.05 Å². The third-order valence-electron chi connectivity index (χ3n) is 0. The first-order valence-corrected chi connectivity index (χ1v) is 1.55. The number of rotatable bonds is 0. The lowest BCUT2D eigenvalue weighted by atomic mass is 11.6. The minimum absolute atomic E-state index is 1.17. The predicted molar refractivity (Wildman–Crippen MR) is 22.6 cm³/mol. The Morgan fingerprint density at radius 2 is 2.00 bits per heavy atom. The minimum atomic E-state index is 1.17. The van der Waals surface area contributed by atoms with Crippen molar-refractivity contribution in [2.45, 2.75) is 0 Å². The summed E-state index contributed by atoms with van der Waals surface area (Å²) in [4.78, 5) is 0. The fourth-order valence-corrected chi connectivity index (χ4v) is 0. The zero-order valence-corrected chi connectivity index (χ0v) is 3.92. The van der Waals surface area contributed by atoms with E-state index in [1.807, 2.05) is 0 Å². The number of hydrogen-bond acceptors (Lipinski definition) is 2. The molecular formula is CH4ClNS. The number of nitrogens with zero attached hydrogens (tertiary/aromatic N) is 1. The number of thiol groups is 1. The van der Waals surface area contributed by atoms with E-state index in [4.69, 9.17) is 11.8 Å². The summed E-state index contributed by atoms with van der Waals surface area (Å²) in [5, 5.41) is 0. The average molecular weight is 97.6 g/mol. The first-order chi connectivity index (χ1) is 1.73. The summed E-state index contributed by atoms with van der Waals surface area (Å²) < 4.78 is 1.17. The van der Waals surface area contributed by atoms with E-state index in [1.54, 1.807) is 7.05 Å². The molecule has 0 N–H and O–H groups in total.